The van der Waals surface area contributed by atoms with Crippen LogP contribution < -0.4 is 14.8 Å². The average Bonchev–Trinajstić information content (AvgIpc) is 3.14. The van der Waals surface area contributed by atoms with E-state index in [4.69, 9.17) is 9.47 Å². The smallest absolute Gasteiger partial charge is 0.422 e. The van der Waals surface area contributed by atoms with E-state index in [0.29, 0.717) is 5.56 Å². The lowest BCUT2D eigenvalue weighted by Crippen LogP contribution is -2.51. The van der Waals surface area contributed by atoms with Crippen LogP contribution in [0.4, 0.5) is 17.6 Å². The molecule has 200 valence electrons. The lowest BCUT2D eigenvalue weighted by Gasteiger charge is -2.34. The van der Waals surface area contributed by atoms with E-state index in [1.165, 1.54) is 31.3 Å². The molecule has 3 aromatic heterocycles. The van der Waals surface area contributed by atoms with Crippen molar-refractivity contribution in [1.82, 2.24) is 19.7 Å². The molecule has 0 unspecified atom stereocenters. The van der Waals surface area contributed by atoms with Gasteiger partial charge >= 0.3 is 6.18 Å². The van der Waals surface area contributed by atoms with Crippen molar-refractivity contribution >= 4 is 21.4 Å². The number of hydrogen-bond acceptors (Lipinski definition) is 7. The van der Waals surface area contributed by atoms with Crippen LogP contribution in [0.1, 0.15) is 41.5 Å². The van der Waals surface area contributed by atoms with Crippen molar-refractivity contribution in [3.8, 4) is 17.4 Å². The van der Waals surface area contributed by atoms with Crippen molar-refractivity contribution in [2.75, 3.05) is 18.1 Å². The monoisotopic (exact) mass is 544 g/mol. The summed E-state index contributed by atoms with van der Waals surface area (Å²) in [6.45, 7) is 3.24. The summed E-state index contributed by atoms with van der Waals surface area (Å²) in [5.41, 5.74) is -0.525. The third kappa shape index (κ3) is 5.95. The Morgan fingerprint density at radius 2 is 1.86 bits per heavy atom. The average molecular weight is 545 g/mol. The Kier molecular flexibility index (Phi) is 6.82. The van der Waals surface area contributed by atoms with Gasteiger partial charge in [0, 0.05) is 11.7 Å². The molecule has 1 saturated heterocycles. The predicted octanol–water partition coefficient (Wildman–Crippen LogP) is 3.92. The molecule has 0 radical (unpaired) electrons. The molecule has 4 heterocycles. The van der Waals surface area contributed by atoms with Crippen LogP contribution in [0.15, 0.2) is 24.4 Å². The van der Waals surface area contributed by atoms with Crippen LogP contribution in [0.2, 0.25) is 0 Å². The van der Waals surface area contributed by atoms with Gasteiger partial charge in [-0.3, -0.25) is 9.20 Å². The van der Waals surface area contributed by atoms with Crippen molar-refractivity contribution in [3.63, 3.8) is 0 Å². The van der Waals surface area contributed by atoms with Crippen LogP contribution in [-0.4, -0.2) is 58.5 Å². The van der Waals surface area contributed by atoms with Gasteiger partial charge in [-0.05, 0) is 57.4 Å². The normalized spacial score (nSPS) is 16.9. The van der Waals surface area contributed by atoms with Gasteiger partial charge in [0.15, 0.2) is 18.1 Å². The fourth-order valence-electron chi connectivity index (χ4n) is 3.90. The summed E-state index contributed by atoms with van der Waals surface area (Å²) in [6.07, 6.45) is -2.82. The van der Waals surface area contributed by atoms with E-state index in [0.717, 1.165) is 4.40 Å². The Balaban J connectivity index is 1.61. The fourth-order valence-corrected chi connectivity index (χ4v) is 5.63. The number of nitrogens with zero attached hydrogens (tertiary/aromatic N) is 3. The number of fused-ring (bicyclic) bond motifs is 1. The molecule has 4 rings (SSSR count). The van der Waals surface area contributed by atoms with E-state index in [-0.39, 0.29) is 53.1 Å². The number of carbonyl (C=O) groups excluding carboxylic acids is 1. The second kappa shape index (κ2) is 9.47. The molecule has 0 spiro atoms. The Morgan fingerprint density at radius 1 is 1.19 bits per heavy atom. The maximum absolute atomic E-state index is 15.4. The molecule has 14 heteroatoms. The maximum Gasteiger partial charge on any atom is 0.422 e. The van der Waals surface area contributed by atoms with Crippen LogP contribution in [0.3, 0.4) is 0 Å². The molecule has 1 fully saturated rings. The SMILES string of the molecule is Cc1cnc(Oc2ccc3nc(C(=O)NC4(C)CCS(=O)(=O)CC4)c(F)n3c2C)c(OCC(F)(F)F)c1. The third-order valence-corrected chi connectivity index (χ3v) is 7.69. The molecule has 1 aliphatic heterocycles. The molecule has 1 amide bonds. The molecule has 0 bridgehead atoms. The first-order chi connectivity index (χ1) is 17.2. The number of aryl methyl sites for hydroxylation is 2. The van der Waals surface area contributed by atoms with Crippen LogP contribution in [0.25, 0.3) is 5.65 Å². The standard InChI is InChI=1S/C23H24F4N4O5S/c1-13-10-16(35-12-23(25,26)27)21(28-11-13)36-15-4-5-17-29-18(19(24)31(17)14(15)2)20(32)30-22(3)6-8-37(33,34)9-7-22/h4-5,10-11H,6-9,12H2,1-3H3,(H,30,32). The van der Waals surface area contributed by atoms with Gasteiger partial charge in [0.2, 0.25) is 5.95 Å². The Morgan fingerprint density at radius 3 is 2.51 bits per heavy atom. The Bertz CT molecular complexity index is 1460. The van der Waals surface area contributed by atoms with Gasteiger partial charge in [-0.1, -0.05) is 0 Å². The first-order valence-electron chi connectivity index (χ1n) is 11.2. The van der Waals surface area contributed by atoms with Crippen molar-refractivity contribution in [3.05, 3.63) is 47.3 Å². The zero-order valence-electron chi connectivity index (χ0n) is 20.1. The zero-order valence-corrected chi connectivity index (χ0v) is 21.0. The number of amides is 1. The molecule has 0 aromatic carbocycles. The predicted molar refractivity (Wildman–Crippen MR) is 124 cm³/mol. The molecule has 1 aliphatic rings. The number of hydrogen-bond donors (Lipinski definition) is 1. The van der Waals surface area contributed by atoms with Gasteiger partial charge in [0.25, 0.3) is 11.8 Å². The number of alkyl halides is 3. The second-order valence-electron chi connectivity index (χ2n) is 9.22. The van der Waals surface area contributed by atoms with Gasteiger partial charge in [-0.25, -0.2) is 18.4 Å². The van der Waals surface area contributed by atoms with Gasteiger partial charge in [-0.15, -0.1) is 0 Å². The van der Waals surface area contributed by atoms with Crippen LogP contribution in [0, 0.1) is 19.8 Å². The number of rotatable bonds is 6. The topological polar surface area (TPSA) is 112 Å². The number of sulfone groups is 1. The lowest BCUT2D eigenvalue weighted by molar-refractivity contribution is -0.153. The second-order valence-corrected chi connectivity index (χ2v) is 11.5. The summed E-state index contributed by atoms with van der Waals surface area (Å²) in [6, 6.07) is 4.13. The molecule has 1 N–H and O–H groups in total. The summed E-state index contributed by atoms with van der Waals surface area (Å²) in [7, 11) is -3.16. The van der Waals surface area contributed by atoms with Crippen molar-refractivity contribution in [1.29, 1.82) is 0 Å². The first-order valence-corrected chi connectivity index (χ1v) is 13.0. The van der Waals surface area contributed by atoms with Crippen molar-refractivity contribution in [2.24, 2.45) is 0 Å². The summed E-state index contributed by atoms with van der Waals surface area (Å²) < 4.78 is 88.3. The number of halogens is 4. The summed E-state index contributed by atoms with van der Waals surface area (Å²) in [4.78, 5) is 20.9. The molecular formula is C23H24F4N4O5S. The largest absolute Gasteiger partial charge is 0.478 e. The van der Waals surface area contributed by atoms with E-state index >= 15 is 4.39 Å². The lowest BCUT2D eigenvalue weighted by atomic mass is 9.95. The van der Waals surface area contributed by atoms with E-state index < -0.39 is 45.7 Å². The Labute approximate surface area is 209 Å². The number of imidazole rings is 1. The molecule has 37 heavy (non-hydrogen) atoms. The van der Waals surface area contributed by atoms with Crippen LogP contribution in [0.5, 0.6) is 17.4 Å². The van der Waals surface area contributed by atoms with Gasteiger partial charge in [-0.2, -0.15) is 17.6 Å². The van der Waals surface area contributed by atoms with E-state index in [9.17, 15) is 26.4 Å². The number of pyridine rings is 2. The summed E-state index contributed by atoms with van der Waals surface area (Å²) in [5, 5.41) is 2.70. The van der Waals surface area contributed by atoms with Crippen LogP contribution >= 0.6 is 0 Å². The molecule has 0 atom stereocenters. The number of carbonyl (C=O) groups is 1. The van der Waals surface area contributed by atoms with E-state index in [2.05, 4.69) is 15.3 Å². The van der Waals surface area contributed by atoms with Gasteiger partial charge in [0.05, 0.1) is 17.2 Å². The molecule has 9 nitrogen and oxygen atoms in total. The zero-order chi connectivity index (χ0) is 27.2. The number of aromatic nitrogens is 3. The minimum Gasteiger partial charge on any atom is -0.478 e. The summed E-state index contributed by atoms with van der Waals surface area (Å²) in [5.74, 6) is -2.39. The fraction of sp³-hybridized carbons (Fsp3) is 0.435. The van der Waals surface area contributed by atoms with Crippen molar-refractivity contribution in [2.45, 2.75) is 45.3 Å². The highest BCUT2D eigenvalue weighted by molar-refractivity contribution is 7.91. The van der Waals surface area contributed by atoms with E-state index in [1.54, 1.807) is 13.8 Å². The van der Waals surface area contributed by atoms with Crippen molar-refractivity contribution < 1.29 is 40.2 Å². The molecule has 3 aromatic rings. The number of nitrogens with one attached hydrogen (secondary N) is 1. The van der Waals surface area contributed by atoms with Gasteiger partial charge in [0.1, 0.15) is 21.2 Å². The highest BCUT2D eigenvalue weighted by atomic mass is 32.2. The number of ether oxygens (including phenoxy) is 2. The van der Waals surface area contributed by atoms with E-state index in [1.807, 2.05) is 0 Å². The Hall–Kier alpha value is -3.42. The summed E-state index contributed by atoms with van der Waals surface area (Å²) >= 11 is 0. The molecule has 0 saturated carbocycles. The highest BCUT2D eigenvalue weighted by Gasteiger charge is 2.36. The maximum atomic E-state index is 15.4. The molecular weight excluding hydrogens is 520 g/mol. The van der Waals surface area contributed by atoms with Crippen LogP contribution in [-0.2, 0) is 9.84 Å². The minimum absolute atomic E-state index is 0.0495. The highest BCUT2D eigenvalue weighted by Crippen LogP contribution is 2.34. The first kappa shape index (κ1) is 26.6. The molecule has 0 aliphatic carbocycles. The third-order valence-electron chi connectivity index (χ3n) is 6.04. The minimum atomic E-state index is -4.57. The van der Waals surface area contributed by atoms with Gasteiger partial charge < -0.3 is 14.8 Å². The quantitative estimate of drug-likeness (QED) is 0.469.